The van der Waals surface area contributed by atoms with Crippen LogP contribution in [0.2, 0.25) is 10.0 Å². The highest BCUT2D eigenvalue weighted by Gasteiger charge is 2.10. The largest absolute Gasteiger partial charge is 0.307 e. The number of hydrogen-bond acceptors (Lipinski definition) is 1. The van der Waals surface area contributed by atoms with E-state index < -0.39 is 0 Å². The van der Waals surface area contributed by atoms with Crippen LogP contribution in [0, 0.1) is 0 Å². The van der Waals surface area contributed by atoms with Gasteiger partial charge in [-0.05, 0) is 31.2 Å². The van der Waals surface area contributed by atoms with Crippen molar-refractivity contribution >= 4 is 39.1 Å². The maximum atomic E-state index is 12.0. The first-order chi connectivity index (χ1) is 8.54. The second kappa shape index (κ2) is 5.47. The Labute approximate surface area is 123 Å². The predicted octanol–water partition coefficient (Wildman–Crippen LogP) is 4.60. The lowest BCUT2D eigenvalue weighted by molar-refractivity contribution is 0.736. The first-order valence-electron chi connectivity index (χ1n) is 5.39. The summed E-state index contributed by atoms with van der Waals surface area (Å²) in [7, 11) is 0. The van der Waals surface area contributed by atoms with Gasteiger partial charge in [-0.1, -0.05) is 45.2 Å². The fourth-order valence-electron chi connectivity index (χ4n) is 1.80. The van der Waals surface area contributed by atoms with Gasteiger partial charge in [-0.2, -0.15) is 0 Å². The molecule has 0 amide bonds. The monoisotopic (exact) mass is 345 g/mol. The van der Waals surface area contributed by atoms with Crippen molar-refractivity contribution in [1.29, 1.82) is 0 Å². The van der Waals surface area contributed by atoms with Crippen LogP contribution in [0.15, 0.2) is 39.6 Å². The molecule has 0 spiro atoms. The molecule has 94 valence electrons. The maximum absolute atomic E-state index is 12.0. The van der Waals surface area contributed by atoms with Crippen molar-refractivity contribution in [3.63, 3.8) is 0 Å². The zero-order valence-corrected chi connectivity index (χ0v) is 12.7. The van der Waals surface area contributed by atoms with Gasteiger partial charge in [-0.25, -0.2) is 0 Å². The second-order valence-corrected chi connectivity index (χ2v) is 5.44. The van der Waals surface area contributed by atoms with Crippen molar-refractivity contribution < 1.29 is 0 Å². The molecule has 5 heteroatoms. The van der Waals surface area contributed by atoms with Gasteiger partial charge in [0, 0.05) is 21.6 Å². The van der Waals surface area contributed by atoms with Crippen LogP contribution in [0.25, 0.3) is 11.3 Å². The number of aromatic nitrogens is 1. The Bertz CT molecular complexity index is 652. The van der Waals surface area contributed by atoms with E-state index in [9.17, 15) is 4.79 Å². The molecule has 0 saturated heterocycles. The van der Waals surface area contributed by atoms with Crippen LogP contribution in [-0.4, -0.2) is 4.57 Å². The van der Waals surface area contributed by atoms with Gasteiger partial charge in [0.05, 0.1) is 5.69 Å². The van der Waals surface area contributed by atoms with Crippen LogP contribution in [0.3, 0.4) is 0 Å². The molecular weight excluding hydrogens is 337 g/mol. The van der Waals surface area contributed by atoms with Crippen molar-refractivity contribution in [2.24, 2.45) is 0 Å². The van der Waals surface area contributed by atoms with Crippen molar-refractivity contribution in [1.82, 2.24) is 4.57 Å². The van der Waals surface area contributed by atoms with E-state index in [-0.39, 0.29) is 10.6 Å². The van der Waals surface area contributed by atoms with E-state index >= 15 is 0 Å². The van der Waals surface area contributed by atoms with Crippen molar-refractivity contribution in [2.75, 3.05) is 0 Å². The molecule has 0 aliphatic heterocycles. The van der Waals surface area contributed by atoms with Crippen LogP contribution in [0.5, 0.6) is 0 Å². The third-order valence-corrected chi connectivity index (χ3v) is 3.83. The quantitative estimate of drug-likeness (QED) is 0.778. The number of benzene rings is 1. The molecule has 1 aromatic heterocycles. The SMILES string of the molecule is CCn1c(-c2ccc(Cl)cc2Br)ccc(Cl)c1=O. The summed E-state index contributed by atoms with van der Waals surface area (Å²) >= 11 is 15.2. The molecule has 0 unspecified atom stereocenters. The topological polar surface area (TPSA) is 22.0 Å². The van der Waals surface area contributed by atoms with Crippen LogP contribution in [0.1, 0.15) is 6.92 Å². The molecule has 0 atom stereocenters. The molecular formula is C13H10BrCl2NO. The molecule has 2 nitrogen and oxygen atoms in total. The minimum Gasteiger partial charge on any atom is -0.307 e. The molecule has 0 N–H and O–H groups in total. The second-order valence-electron chi connectivity index (χ2n) is 3.74. The van der Waals surface area contributed by atoms with E-state index in [2.05, 4.69) is 15.9 Å². The normalized spacial score (nSPS) is 10.7. The Kier molecular flexibility index (Phi) is 4.15. The Morgan fingerprint density at radius 2 is 1.94 bits per heavy atom. The standard InChI is InChI=1S/C13H10BrCl2NO/c1-2-17-12(6-5-11(16)13(17)18)9-4-3-8(15)7-10(9)14/h3-7H,2H2,1H3. The predicted molar refractivity (Wildman–Crippen MR) is 79.5 cm³/mol. The highest BCUT2D eigenvalue weighted by molar-refractivity contribution is 9.10. The molecule has 1 aromatic carbocycles. The number of hydrogen-bond donors (Lipinski definition) is 0. The first kappa shape index (κ1) is 13.7. The van der Waals surface area contributed by atoms with Gasteiger partial charge in [0.1, 0.15) is 5.02 Å². The minimum absolute atomic E-state index is 0.182. The summed E-state index contributed by atoms with van der Waals surface area (Å²) in [5, 5.41) is 0.871. The lowest BCUT2D eigenvalue weighted by atomic mass is 10.1. The Balaban J connectivity index is 2.71. The summed E-state index contributed by atoms with van der Waals surface area (Å²) in [5.41, 5.74) is 1.55. The average molecular weight is 347 g/mol. The summed E-state index contributed by atoms with van der Waals surface area (Å²) in [6, 6.07) is 8.92. The zero-order valence-electron chi connectivity index (χ0n) is 9.58. The fraction of sp³-hybridized carbons (Fsp3) is 0.154. The van der Waals surface area contributed by atoms with Gasteiger partial charge in [0.15, 0.2) is 0 Å². The number of halogens is 3. The van der Waals surface area contributed by atoms with Crippen LogP contribution >= 0.6 is 39.1 Å². The highest BCUT2D eigenvalue weighted by atomic mass is 79.9. The number of rotatable bonds is 2. The summed E-state index contributed by atoms with van der Waals surface area (Å²) in [6.45, 7) is 2.47. The summed E-state index contributed by atoms with van der Waals surface area (Å²) in [4.78, 5) is 12.0. The summed E-state index contributed by atoms with van der Waals surface area (Å²) < 4.78 is 2.48. The Morgan fingerprint density at radius 1 is 1.22 bits per heavy atom. The fourth-order valence-corrected chi connectivity index (χ4v) is 2.85. The van der Waals surface area contributed by atoms with Gasteiger partial charge >= 0.3 is 0 Å². The Morgan fingerprint density at radius 3 is 2.56 bits per heavy atom. The average Bonchev–Trinajstić information content (AvgIpc) is 2.33. The maximum Gasteiger partial charge on any atom is 0.269 e. The smallest absolute Gasteiger partial charge is 0.269 e. The molecule has 0 saturated carbocycles. The molecule has 1 heterocycles. The van der Waals surface area contributed by atoms with Gasteiger partial charge in [-0.3, -0.25) is 4.79 Å². The van der Waals surface area contributed by atoms with Crippen LogP contribution in [0.4, 0.5) is 0 Å². The van der Waals surface area contributed by atoms with Crippen molar-refractivity contribution in [3.05, 3.63) is 55.2 Å². The van der Waals surface area contributed by atoms with E-state index in [1.807, 2.05) is 19.1 Å². The van der Waals surface area contributed by atoms with Gasteiger partial charge < -0.3 is 4.57 Å². The van der Waals surface area contributed by atoms with E-state index in [1.165, 1.54) is 0 Å². The van der Waals surface area contributed by atoms with Crippen molar-refractivity contribution in [3.8, 4) is 11.3 Å². The van der Waals surface area contributed by atoms with Crippen molar-refractivity contribution in [2.45, 2.75) is 13.5 Å². The van der Waals surface area contributed by atoms with Crippen LogP contribution in [-0.2, 0) is 6.54 Å². The summed E-state index contributed by atoms with van der Waals surface area (Å²) in [5.74, 6) is 0. The molecule has 18 heavy (non-hydrogen) atoms. The molecule has 0 bridgehead atoms. The highest BCUT2D eigenvalue weighted by Crippen LogP contribution is 2.30. The van der Waals surface area contributed by atoms with E-state index in [4.69, 9.17) is 23.2 Å². The molecule has 0 radical (unpaired) electrons. The molecule has 0 aliphatic rings. The number of pyridine rings is 1. The van der Waals surface area contributed by atoms with Gasteiger partial charge in [-0.15, -0.1) is 0 Å². The first-order valence-corrected chi connectivity index (χ1v) is 6.94. The van der Waals surface area contributed by atoms with E-state index in [1.54, 1.807) is 22.8 Å². The molecule has 2 rings (SSSR count). The van der Waals surface area contributed by atoms with E-state index in [0.29, 0.717) is 11.6 Å². The Hall–Kier alpha value is -0.770. The zero-order chi connectivity index (χ0) is 13.3. The lowest BCUT2D eigenvalue weighted by Crippen LogP contribution is -2.21. The van der Waals surface area contributed by atoms with Gasteiger partial charge in [0.25, 0.3) is 5.56 Å². The molecule has 0 aliphatic carbocycles. The third-order valence-electron chi connectivity index (χ3n) is 2.65. The lowest BCUT2D eigenvalue weighted by Gasteiger charge is -2.13. The number of nitrogens with zero attached hydrogens (tertiary/aromatic N) is 1. The minimum atomic E-state index is -0.182. The molecule has 0 fully saturated rings. The molecule has 2 aromatic rings. The summed E-state index contributed by atoms with van der Waals surface area (Å²) in [6.07, 6.45) is 0. The third kappa shape index (κ3) is 2.48. The van der Waals surface area contributed by atoms with Crippen LogP contribution < -0.4 is 5.56 Å². The van der Waals surface area contributed by atoms with Gasteiger partial charge in [0.2, 0.25) is 0 Å². The van der Waals surface area contributed by atoms with E-state index in [0.717, 1.165) is 15.7 Å².